The predicted octanol–water partition coefficient (Wildman–Crippen LogP) is 5.29. The second-order valence-corrected chi connectivity index (χ2v) is 7.83. The number of hydrogen-bond acceptors (Lipinski definition) is 6. The molecular formula is C21H26ClN3O3S. The third kappa shape index (κ3) is 6.80. The van der Waals surface area contributed by atoms with Crippen LogP contribution in [0.2, 0.25) is 5.02 Å². The average molecular weight is 436 g/mol. The standard InChI is InChI=1S/C9H11NO3.C7H5ClN2S.C5H10/c1-12-6-4-3-5-7(13-2)8(6)9(10)11;8-4-1-2-5-6(3-4)11-7(9)10-5;1-2-4-5-3-1/h3-5H,1-2H3,(H2,10,11);1-3H,(H2,9,10);1-5H2. The lowest BCUT2D eigenvalue weighted by Crippen LogP contribution is -2.13. The van der Waals surface area contributed by atoms with Crippen LogP contribution >= 0.6 is 22.9 Å². The van der Waals surface area contributed by atoms with Gasteiger partial charge in [0.2, 0.25) is 0 Å². The number of nitrogens with two attached hydrogens (primary N) is 2. The van der Waals surface area contributed by atoms with Crippen molar-refractivity contribution >= 4 is 44.2 Å². The number of halogens is 1. The molecule has 6 nitrogen and oxygen atoms in total. The number of thiazole rings is 1. The highest BCUT2D eigenvalue weighted by molar-refractivity contribution is 7.22. The largest absolute Gasteiger partial charge is 0.496 e. The van der Waals surface area contributed by atoms with E-state index in [1.54, 1.807) is 18.2 Å². The number of methoxy groups -OCH3 is 2. The topological polar surface area (TPSA) is 100 Å². The first-order chi connectivity index (χ1) is 14.0. The number of rotatable bonds is 3. The van der Waals surface area contributed by atoms with Crippen LogP contribution in [0.25, 0.3) is 10.2 Å². The number of aromatic nitrogens is 1. The van der Waals surface area contributed by atoms with E-state index in [1.165, 1.54) is 57.7 Å². The summed E-state index contributed by atoms with van der Waals surface area (Å²) in [5.74, 6) is 0.285. The van der Waals surface area contributed by atoms with Crippen molar-refractivity contribution in [2.75, 3.05) is 20.0 Å². The Labute approximate surface area is 179 Å². The number of primary amides is 1. The summed E-state index contributed by atoms with van der Waals surface area (Å²) in [5, 5.41) is 1.31. The Morgan fingerprint density at radius 3 is 2.07 bits per heavy atom. The molecule has 1 saturated carbocycles. The van der Waals surface area contributed by atoms with Gasteiger partial charge in [-0.05, 0) is 30.3 Å². The quantitative estimate of drug-likeness (QED) is 0.582. The molecule has 4 N–H and O–H groups in total. The lowest BCUT2D eigenvalue weighted by atomic mass is 10.1. The smallest absolute Gasteiger partial charge is 0.256 e. The van der Waals surface area contributed by atoms with Crippen LogP contribution in [0.15, 0.2) is 36.4 Å². The molecule has 4 rings (SSSR count). The number of ether oxygens (including phenoxy) is 2. The molecular weight excluding hydrogens is 410 g/mol. The highest BCUT2D eigenvalue weighted by atomic mass is 35.5. The number of hydrogen-bond donors (Lipinski definition) is 2. The zero-order valence-corrected chi connectivity index (χ0v) is 18.2. The number of carbonyl (C=O) groups excluding carboxylic acids is 1. The molecule has 29 heavy (non-hydrogen) atoms. The number of anilines is 1. The van der Waals surface area contributed by atoms with Crippen LogP contribution in [0, 0.1) is 0 Å². The van der Waals surface area contributed by atoms with Gasteiger partial charge in [-0.2, -0.15) is 0 Å². The fourth-order valence-corrected chi connectivity index (χ4v) is 3.90. The monoisotopic (exact) mass is 435 g/mol. The van der Waals surface area contributed by atoms with E-state index in [1.807, 2.05) is 18.2 Å². The van der Waals surface area contributed by atoms with Crippen molar-refractivity contribution in [2.45, 2.75) is 32.1 Å². The normalized spacial score (nSPS) is 12.4. The van der Waals surface area contributed by atoms with E-state index in [4.69, 9.17) is 32.5 Å². The van der Waals surface area contributed by atoms with E-state index >= 15 is 0 Å². The van der Waals surface area contributed by atoms with Gasteiger partial charge in [0.05, 0.1) is 24.4 Å². The van der Waals surface area contributed by atoms with Gasteiger partial charge in [-0.15, -0.1) is 0 Å². The fraction of sp³-hybridized carbons (Fsp3) is 0.333. The lowest BCUT2D eigenvalue weighted by Gasteiger charge is -2.09. The number of nitrogens with zero attached hydrogens (tertiary/aromatic N) is 1. The van der Waals surface area contributed by atoms with Crippen LogP contribution in [-0.2, 0) is 0 Å². The summed E-state index contributed by atoms with van der Waals surface area (Å²) in [6.07, 6.45) is 7.50. The van der Waals surface area contributed by atoms with Gasteiger partial charge in [0.25, 0.3) is 5.91 Å². The maximum absolute atomic E-state index is 11.0. The minimum atomic E-state index is -0.561. The fourth-order valence-electron chi connectivity index (χ4n) is 2.89. The summed E-state index contributed by atoms with van der Waals surface area (Å²) in [5.41, 5.74) is 11.9. The zero-order valence-electron chi connectivity index (χ0n) is 16.6. The molecule has 2 aromatic carbocycles. The molecule has 0 radical (unpaired) electrons. The van der Waals surface area contributed by atoms with Crippen LogP contribution < -0.4 is 20.9 Å². The summed E-state index contributed by atoms with van der Waals surface area (Å²) < 4.78 is 11.0. The van der Waals surface area contributed by atoms with Gasteiger partial charge in [-0.1, -0.05) is 61.1 Å². The maximum Gasteiger partial charge on any atom is 0.256 e. The molecule has 1 heterocycles. The van der Waals surface area contributed by atoms with E-state index in [-0.39, 0.29) is 5.56 Å². The highest BCUT2D eigenvalue weighted by Crippen LogP contribution is 2.27. The minimum absolute atomic E-state index is 0.271. The molecule has 0 saturated heterocycles. The SMILES string of the molecule is C1CCCC1.COc1cccc(OC)c1C(N)=O.Nc1nc2ccc(Cl)cc2s1. The molecule has 0 atom stereocenters. The minimum Gasteiger partial charge on any atom is -0.496 e. The first kappa shape index (κ1) is 22.8. The van der Waals surface area contributed by atoms with Crippen molar-refractivity contribution in [3.8, 4) is 11.5 Å². The molecule has 8 heteroatoms. The number of carbonyl (C=O) groups is 1. The molecule has 0 bridgehead atoms. The van der Waals surface area contributed by atoms with Gasteiger partial charge in [-0.3, -0.25) is 4.79 Å². The molecule has 1 fully saturated rings. The van der Waals surface area contributed by atoms with Gasteiger partial charge in [0.1, 0.15) is 17.1 Å². The summed E-state index contributed by atoms with van der Waals surface area (Å²) in [6.45, 7) is 0. The first-order valence-electron chi connectivity index (χ1n) is 9.28. The summed E-state index contributed by atoms with van der Waals surface area (Å²) in [6, 6.07) is 10.6. The molecule has 0 spiro atoms. The van der Waals surface area contributed by atoms with Gasteiger partial charge in [-0.25, -0.2) is 4.98 Å². The van der Waals surface area contributed by atoms with Crippen molar-refractivity contribution in [1.29, 1.82) is 0 Å². The van der Waals surface area contributed by atoms with E-state index in [0.717, 1.165) is 15.2 Å². The Hall–Kier alpha value is -2.51. The Balaban J connectivity index is 0.000000169. The van der Waals surface area contributed by atoms with Crippen LogP contribution in [0.4, 0.5) is 5.13 Å². The molecule has 3 aromatic rings. The van der Waals surface area contributed by atoms with Gasteiger partial charge >= 0.3 is 0 Å². The molecule has 0 aliphatic heterocycles. The Kier molecular flexibility index (Phi) is 9.02. The van der Waals surface area contributed by atoms with Crippen molar-refractivity contribution in [3.05, 3.63) is 47.0 Å². The number of fused-ring (bicyclic) bond motifs is 1. The van der Waals surface area contributed by atoms with Crippen LogP contribution in [0.5, 0.6) is 11.5 Å². The van der Waals surface area contributed by atoms with E-state index in [0.29, 0.717) is 16.6 Å². The number of nitrogen functional groups attached to an aromatic ring is 1. The molecule has 156 valence electrons. The zero-order chi connectivity index (χ0) is 21.2. The van der Waals surface area contributed by atoms with Crippen molar-refractivity contribution in [2.24, 2.45) is 5.73 Å². The van der Waals surface area contributed by atoms with E-state index in [9.17, 15) is 4.79 Å². The summed E-state index contributed by atoms with van der Waals surface area (Å²) >= 11 is 7.21. The summed E-state index contributed by atoms with van der Waals surface area (Å²) in [7, 11) is 2.95. The molecule has 1 aliphatic rings. The molecule has 1 amide bonds. The van der Waals surface area contributed by atoms with Crippen molar-refractivity contribution < 1.29 is 14.3 Å². The number of benzene rings is 2. The van der Waals surface area contributed by atoms with Crippen molar-refractivity contribution in [3.63, 3.8) is 0 Å². The maximum atomic E-state index is 11.0. The Morgan fingerprint density at radius 1 is 1.03 bits per heavy atom. The average Bonchev–Trinajstić information content (AvgIpc) is 3.39. The second-order valence-electron chi connectivity index (χ2n) is 6.33. The van der Waals surface area contributed by atoms with Crippen molar-refractivity contribution in [1.82, 2.24) is 4.98 Å². The number of amides is 1. The summed E-state index contributed by atoms with van der Waals surface area (Å²) in [4.78, 5) is 15.1. The van der Waals surface area contributed by atoms with Crippen LogP contribution in [-0.4, -0.2) is 25.1 Å². The second kappa shape index (κ2) is 11.5. The third-order valence-corrected chi connectivity index (χ3v) is 5.37. The van der Waals surface area contributed by atoms with E-state index in [2.05, 4.69) is 4.98 Å². The third-order valence-electron chi connectivity index (χ3n) is 4.29. The van der Waals surface area contributed by atoms with Crippen LogP contribution in [0.3, 0.4) is 0 Å². The molecule has 0 unspecified atom stereocenters. The Bertz CT molecular complexity index is 912. The van der Waals surface area contributed by atoms with Gasteiger partial charge < -0.3 is 20.9 Å². The van der Waals surface area contributed by atoms with Gasteiger partial charge in [0.15, 0.2) is 5.13 Å². The highest BCUT2D eigenvalue weighted by Gasteiger charge is 2.14. The predicted molar refractivity (Wildman–Crippen MR) is 120 cm³/mol. The molecule has 1 aromatic heterocycles. The van der Waals surface area contributed by atoms with Crippen LogP contribution in [0.1, 0.15) is 42.5 Å². The molecule has 1 aliphatic carbocycles. The van der Waals surface area contributed by atoms with Gasteiger partial charge in [0, 0.05) is 5.02 Å². The van der Waals surface area contributed by atoms with E-state index < -0.39 is 5.91 Å². The first-order valence-corrected chi connectivity index (χ1v) is 10.5. The Morgan fingerprint density at radius 2 is 1.59 bits per heavy atom. The lowest BCUT2D eigenvalue weighted by molar-refractivity contribution is 0.0994.